The van der Waals surface area contributed by atoms with Gasteiger partial charge in [0.25, 0.3) is 0 Å². The monoisotopic (exact) mass is 375 g/mol. The second-order valence-corrected chi connectivity index (χ2v) is 9.79. The zero-order chi connectivity index (χ0) is 18.0. The molecule has 25 heavy (non-hydrogen) atoms. The predicted molar refractivity (Wildman–Crippen MR) is 86.2 cm³/mol. The molecule has 0 amide bonds. The van der Waals surface area contributed by atoms with Crippen molar-refractivity contribution in [1.82, 2.24) is 0 Å². The Morgan fingerprint density at radius 1 is 0.880 bits per heavy atom. The number of allylic oxidation sites excluding steroid dienone is 1. The van der Waals surface area contributed by atoms with Gasteiger partial charge in [-0.1, -0.05) is 36.4 Å². The number of carbonyl (C=O) groups excluding carboxylic acids is 1. The van der Waals surface area contributed by atoms with E-state index < -0.39 is 41.7 Å². The van der Waals surface area contributed by atoms with Crippen LogP contribution in [-0.4, -0.2) is 27.9 Å². The minimum atomic E-state index is -4.14. The molecule has 0 aliphatic carbocycles. The fourth-order valence-corrected chi connectivity index (χ4v) is 6.79. The van der Waals surface area contributed by atoms with E-state index in [1.165, 1.54) is 42.5 Å². The van der Waals surface area contributed by atoms with Gasteiger partial charge in [0.15, 0.2) is 9.84 Å². The summed E-state index contributed by atoms with van der Waals surface area (Å²) in [6.45, 7) is 0. The number of carbonyl (C=O) groups is 1. The normalized spacial score (nSPS) is 27.2. The number of rotatable bonds is 1. The number of ketones is 1. The van der Waals surface area contributed by atoms with Crippen LogP contribution in [0.15, 0.2) is 69.3 Å². The van der Waals surface area contributed by atoms with Crippen LogP contribution in [0.2, 0.25) is 0 Å². The number of sulfone groups is 2. The second kappa shape index (κ2) is 5.10. The minimum Gasteiger partial charge on any atom is -0.847 e. The molecule has 6 nitrogen and oxygen atoms in total. The van der Waals surface area contributed by atoms with Crippen LogP contribution < -0.4 is 5.11 Å². The van der Waals surface area contributed by atoms with Gasteiger partial charge in [-0.2, -0.15) is 0 Å². The summed E-state index contributed by atoms with van der Waals surface area (Å²) in [4.78, 5) is 11.5. The molecule has 0 radical (unpaired) electrons. The molecular weight excluding hydrogens is 364 g/mol. The average molecular weight is 375 g/mol. The standard InChI is InChI=1S/C17H11O6S2/c18-16-10-5-1-3-7-12(10)24(20,21)14(16)9-15-17(19)11-6-2-4-8-13(11)25(15,22)23/h1-9,14,16H/q-1/b15-9-. The lowest BCUT2D eigenvalue weighted by atomic mass is 10.1. The molecule has 0 fully saturated rings. The molecule has 0 spiro atoms. The highest BCUT2D eigenvalue weighted by molar-refractivity contribution is 7.97. The van der Waals surface area contributed by atoms with Crippen LogP contribution in [0, 0.1) is 0 Å². The van der Waals surface area contributed by atoms with Gasteiger partial charge < -0.3 is 5.11 Å². The molecule has 2 aliphatic rings. The van der Waals surface area contributed by atoms with E-state index in [1.54, 1.807) is 6.07 Å². The lowest BCUT2D eigenvalue weighted by Crippen LogP contribution is -2.28. The van der Waals surface area contributed by atoms with Crippen LogP contribution in [0.25, 0.3) is 0 Å². The van der Waals surface area contributed by atoms with Crippen LogP contribution in [-0.2, 0) is 19.7 Å². The molecule has 0 saturated carbocycles. The summed E-state index contributed by atoms with van der Waals surface area (Å²) in [6, 6.07) is 11.4. The second-order valence-electron chi connectivity index (χ2n) is 5.83. The maximum atomic E-state index is 12.6. The molecule has 128 valence electrons. The molecule has 0 N–H and O–H groups in total. The third-order valence-corrected chi connectivity index (χ3v) is 8.36. The van der Waals surface area contributed by atoms with Gasteiger partial charge in [-0.3, -0.25) is 4.79 Å². The SMILES string of the molecule is O=C1/C(=C/C2C([O-])c3ccccc3S2(=O)=O)S(=O)(=O)c2ccccc21. The molecule has 2 aromatic rings. The van der Waals surface area contributed by atoms with Gasteiger partial charge in [-0.25, -0.2) is 16.8 Å². The van der Waals surface area contributed by atoms with Gasteiger partial charge in [-0.05, 0) is 29.8 Å². The van der Waals surface area contributed by atoms with Crippen LogP contribution >= 0.6 is 0 Å². The largest absolute Gasteiger partial charge is 0.847 e. The smallest absolute Gasteiger partial charge is 0.210 e. The van der Waals surface area contributed by atoms with Crippen LogP contribution in [0.4, 0.5) is 0 Å². The van der Waals surface area contributed by atoms with E-state index in [0.717, 1.165) is 6.08 Å². The number of Topliss-reactive ketones (excluding diaryl/α,β-unsaturated/α-hetero) is 1. The fourth-order valence-electron chi connectivity index (χ4n) is 3.21. The maximum Gasteiger partial charge on any atom is 0.210 e. The first kappa shape index (κ1) is 16.2. The van der Waals surface area contributed by atoms with Crippen LogP contribution in [0.3, 0.4) is 0 Å². The molecule has 0 bridgehead atoms. The van der Waals surface area contributed by atoms with Crippen LogP contribution in [0.1, 0.15) is 22.0 Å². The van der Waals surface area contributed by atoms with Gasteiger partial charge in [0, 0.05) is 5.56 Å². The summed E-state index contributed by atoms with van der Waals surface area (Å²) in [5.74, 6) is -0.783. The summed E-state index contributed by atoms with van der Waals surface area (Å²) in [7, 11) is -8.19. The Bertz CT molecular complexity index is 1160. The molecule has 4 rings (SSSR count). The van der Waals surface area contributed by atoms with Gasteiger partial charge in [0.2, 0.25) is 15.6 Å². The number of fused-ring (bicyclic) bond motifs is 2. The number of hydrogen-bond donors (Lipinski definition) is 0. The summed E-state index contributed by atoms with van der Waals surface area (Å²) < 4.78 is 50.4. The lowest BCUT2D eigenvalue weighted by molar-refractivity contribution is -0.423. The molecule has 2 aliphatic heterocycles. The van der Waals surface area contributed by atoms with E-state index in [0.29, 0.717) is 0 Å². The van der Waals surface area contributed by atoms with Gasteiger partial charge in [0.1, 0.15) is 4.91 Å². The molecule has 0 aromatic heterocycles. The Hall–Kier alpha value is -2.29. The van der Waals surface area contributed by atoms with Crippen molar-refractivity contribution in [3.05, 3.63) is 70.6 Å². The van der Waals surface area contributed by atoms with Crippen molar-refractivity contribution >= 4 is 25.5 Å². The summed E-state index contributed by atoms with van der Waals surface area (Å²) in [6.07, 6.45) is -0.870. The molecule has 8 heteroatoms. The third kappa shape index (κ3) is 2.08. The number of hydrogen-bond acceptors (Lipinski definition) is 6. The lowest BCUT2D eigenvalue weighted by Gasteiger charge is -2.21. The van der Waals surface area contributed by atoms with Crippen molar-refractivity contribution in [2.45, 2.75) is 21.1 Å². The Morgan fingerprint density at radius 3 is 2.12 bits per heavy atom. The van der Waals surface area contributed by atoms with Gasteiger partial charge in [-0.15, -0.1) is 0 Å². The quantitative estimate of drug-likeness (QED) is 0.682. The van der Waals surface area contributed by atoms with Crippen molar-refractivity contribution in [2.75, 3.05) is 0 Å². The van der Waals surface area contributed by atoms with E-state index in [2.05, 4.69) is 0 Å². The van der Waals surface area contributed by atoms with E-state index in [1.807, 2.05) is 0 Å². The van der Waals surface area contributed by atoms with Crippen molar-refractivity contribution < 1.29 is 26.7 Å². The first-order chi connectivity index (χ1) is 11.8. The maximum absolute atomic E-state index is 12.6. The van der Waals surface area contributed by atoms with Gasteiger partial charge in [0.05, 0.1) is 15.0 Å². The van der Waals surface area contributed by atoms with Crippen molar-refractivity contribution in [1.29, 1.82) is 0 Å². The van der Waals surface area contributed by atoms with Gasteiger partial charge >= 0.3 is 0 Å². The predicted octanol–water partition coefficient (Wildman–Crippen LogP) is 0.798. The van der Waals surface area contributed by atoms with E-state index in [4.69, 9.17) is 0 Å². The molecule has 2 heterocycles. The minimum absolute atomic E-state index is 0.0101. The highest BCUT2D eigenvalue weighted by Gasteiger charge is 2.43. The average Bonchev–Trinajstić information content (AvgIpc) is 2.90. The third-order valence-electron chi connectivity index (χ3n) is 4.44. The first-order valence-corrected chi connectivity index (χ1v) is 10.4. The van der Waals surface area contributed by atoms with E-state index in [9.17, 15) is 26.7 Å². The Kier molecular flexibility index (Phi) is 3.31. The molecule has 2 unspecified atom stereocenters. The van der Waals surface area contributed by atoms with E-state index in [-0.39, 0.29) is 20.9 Å². The topological polar surface area (TPSA) is 108 Å². The fraction of sp³-hybridized carbons (Fsp3) is 0.118. The summed E-state index contributed by atoms with van der Waals surface area (Å²) in [5, 5.41) is 10.9. The van der Waals surface area contributed by atoms with Crippen molar-refractivity contribution in [3.63, 3.8) is 0 Å². The molecule has 2 atom stereocenters. The number of benzene rings is 2. The zero-order valence-corrected chi connectivity index (χ0v) is 14.2. The van der Waals surface area contributed by atoms with Crippen LogP contribution in [0.5, 0.6) is 0 Å². The highest BCUT2D eigenvalue weighted by atomic mass is 32.2. The zero-order valence-electron chi connectivity index (χ0n) is 12.6. The Labute approximate surface area is 144 Å². The molecule has 2 aromatic carbocycles. The highest BCUT2D eigenvalue weighted by Crippen LogP contribution is 2.41. The Morgan fingerprint density at radius 2 is 1.48 bits per heavy atom. The first-order valence-electron chi connectivity index (χ1n) is 7.35. The summed E-state index contributed by atoms with van der Waals surface area (Å²) in [5.41, 5.74) is 0.0776. The molecular formula is C17H11O6S2-. The molecule has 0 saturated heterocycles. The van der Waals surface area contributed by atoms with E-state index >= 15 is 0 Å². The van der Waals surface area contributed by atoms with Crippen molar-refractivity contribution in [2.24, 2.45) is 0 Å². The summed E-state index contributed by atoms with van der Waals surface area (Å²) >= 11 is 0. The van der Waals surface area contributed by atoms with Crippen molar-refractivity contribution in [3.8, 4) is 0 Å². The Balaban J connectivity index is 1.91.